The maximum atomic E-state index is 11.9. The Kier molecular flexibility index (Phi) is 4.81. The van der Waals surface area contributed by atoms with Gasteiger partial charge in [0.25, 0.3) is 0 Å². The number of carbonyl (C=O) groups is 2. The first-order valence-corrected chi connectivity index (χ1v) is 7.11. The Bertz CT molecular complexity index is 689. The van der Waals surface area contributed by atoms with Crippen molar-refractivity contribution in [2.45, 2.75) is 5.16 Å². The molecule has 1 N–H and O–H groups in total. The molecular weight excluding hydrogens is 316 g/mol. The van der Waals surface area contributed by atoms with Crippen LogP contribution in [0.15, 0.2) is 29.7 Å². The number of benzene rings is 1. The minimum Gasteiger partial charge on any atom is -0.545 e. The first-order chi connectivity index (χ1) is 9.97. The van der Waals surface area contributed by atoms with Crippen LogP contribution in [0.4, 0.5) is 5.69 Å². The lowest BCUT2D eigenvalue weighted by molar-refractivity contribution is -0.254. The van der Waals surface area contributed by atoms with E-state index in [9.17, 15) is 14.7 Å². The number of nitrogens with one attached hydrogen (secondary N) is 1. The number of carboxylic acids is 1. The number of nitrogens with zero attached hydrogens (tertiary/aromatic N) is 3. The van der Waals surface area contributed by atoms with Gasteiger partial charge < -0.3 is 19.8 Å². The third-order valence-electron chi connectivity index (χ3n) is 2.48. The maximum Gasteiger partial charge on any atom is 0.234 e. The van der Waals surface area contributed by atoms with Crippen molar-refractivity contribution in [2.24, 2.45) is 7.05 Å². The second-order valence-corrected chi connectivity index (χ2v) is 5.42. The summed E-state index contributed by atoms with van der Waals surface area (Å²) in [6.07, 6.45) is 1.52. The zero-order valence-electron chi connectivity index (χ0n) is 10.9. The van der Waals surface area contributed by atoms with Gasteiger partial charge in [0, 0.05) is 17.6 Å². The van der Waals surface area contributed by atoms with Gasteiger partial charge in [-0.1, -0.05) is 23.4 Å². The van der Waals surface area contributed by atoms with Crippen molar-refractivity contribution in [2.75, 3.05) is 11.1 Å². The fourth-order valence-electron chi connectivity index (χ4n) is 1.52. The van der Waals surface area contributed by atoms with E-state index in [-0.39, 0.29) is 22.9 Å². The molecule has 0 aliphatic heterocycles. The van der Waals surface area contributed by atoms with E-state index in [4.69, 9.17) is 11.6 Å². The van der Waals surface area contributed by atoms with Gasteiger partial charge in [-0.2, -0.15) is 0 Å². The van der Waals surface area contributed by atoms with Crippen LogP contribution >= 0.6 is 23.4 Å². The molecular formula is C12H10ClN4O3S-. The van der Waals surface area contributed by atoms with Crippen LogP contribution in [0.1, 0.15) is 10.4 Å². The van der Waals surface area contributed by atoms with E-state index in [2.05, 4.69) is 15.5 Å². The molecule has 0 spiro atoms. The van der Waals surface area contributed by atoms with Crippen molar-refractivity contribution < 1.29 is 14.7 Å². The molecule has 0 radical (unpaired) electrons. The summed E-state index contributed by atoms with van der Waals surface area (Å²) in [5.41, 5.74) is -0.0255. The summed E-state index contributed by atoms with van der Waals surface area (Å²) in [6, 6.07) is 4.05. The highest BCUT2D eigenvalue weighted by Gasteiger charge is 2.10. The standard InChI is InChI=1S/C12H11ClN4O3S/c1-17-6-14-16-12(17)21-5-10(18)15-9-4-7(13)2-3-8(9)11(19)20/h2-4,6H,5H2,1H3,(H,15,18)(H,19,20)/p-1. The molecule has 0 atom stereocenters. The fraction of sp³-hybridized carbons (Fsp3) is 0.167. The zero-order chi connectivity index (χ0) is 15.4. The summed E-state index contributed by atoms with van der Waals surface area (Å²) in [5.74, 6) is -1.71. The summed E-state index contributed by atoms with van der Waals surface area (Å²) in [4.78, 5) is 22.8. The predicted molar refractivity (Wildman–Crippen MR) is 76.1 cm³/mol. The lowest BCUT2D eigenvalue weighted by Gasteiger charge is -2.12. The number of amides is 1. The second kappa shape index (κ2) is 6.59. The summed E-state index contributed by atoms with van der Waals surface area (Å²) < 4.78 is 1.67. The Morgan fingerprint density at radius 3 is 2.86 bits per heavy atom. The van der Waals surface area contributed by atoms with Gasteiger partial charge in [0.15, 0.2) is 5.16 Å². The van der Waals surface area contributed by atoms with Crippen LogP contribution in [0.5, 0.6) is 0 Å². The Labute approximate surface area is 129 Å². The molecule has 0 unspecified atom stereocenters. The van der Waals surface area contributed by atoms with Gasteiger partial charge in [0.1, 0.15) is 6.33 Å². The summed E-state index contributed by atoms with van der Waals surface area (Å²) >= 11 is 6.97. The number of aromatic nitrogens is 3. The number of carbonyl (C=O) groups excluding carboxylic acids is 2. The number of aromatic carboxylic acids is 1. The third kappa shape index (κ3) is 3.96. The van der Waals surface area contributed by atoms with Gasteiger partial charge in [-0.3, -0.25) is 4.79 Å². The van der Waals surface area contributed by atoms with Crippen LogP contribution < -0.4 is 10.4 Å². The van der Waals surface area contributed by atoms with E-state index in [1.165, 1.54) is 36.3 Å². The summed E-state index contributed by atoms with van der Waals surface area (Å²) in [6.45, 7) is 0. The monoisotopic (exact) mass is 325 g/mol. The Morgan fingerprint density at radius 2 is 2.24 bits per heavy atom. The molecule has 1 amide bonds. The average Bonchev–Trinajstić information content (AvgIpc) is 2.81. The molecule has 0 fully saturated rings. The van der Waals surface area contributed by atoms with Crippen LogP contribution in [0, 0.1) is 0 Å². The smallest absolute Gasteiger partial charge is 0.234 e. The highest BCUT2D eigenvalue weighted by atomic mass is 35.5. The highest BCUT2D eigenvalue weighted by Crippen LogP contribution is 2.21. The van der Waals surface area contributed by atoms with Gasteiger partial charge in [-0.05, 0) is 18.2 Å². The van der Waals surface area contributed by atoms with Crippen molar-refractivity contribution in [3.8, 4) is 0 Å². The number of carboxylic acid groups (broad SMARTS) is 1. The SMILES string of the molecule is Cn1cnnc1SCC(=O)Nc1cc(Cl)ccc1C(=O)[O-]. The molecule has 110 valence electrons. The number of rotatable bonds is 5. The van der Waals surface area contributed by atoms with Crippen molar-refractivity contribution in [3.63, 3.8) is 0 Å². The first kappa shape index (κ1) is 15.3. The highest BCUT2D eigenvalue weighted by molar-refractivity contribution is 7.99. The molecule has 0 saturated heterocycles. The quantitative estimate of drug-likeness (QED) is 0.806. The number of anilines is 1. The predicted octanol–water partition coefficient (Wildman–Crippen LogP) is 0.563. The molecule has 0 aliphatic rings. The molecule has 1 heterocycles. The maximum absolute atomic E-state index is 11.9. The molecule has 0 aliphatic carbocycles. The zero-order valence-corrected chi connectivity index (χ0v) is 12.4. The van der Waals surface area contributed by atoms with E-state index in [1.807, 2.05) is 0 Å². The summed E-state index contributed by atoms with van der Waals surface area (Å²) in [7, 11) is 1.76. The number of halogens is 1. The van der Waals surface area contributed by atoms with Gasteiger partial charge >= 0.3 is 0 Å². The van der Waals surface area contributed by atoms with Crippen LogP contribution in [-0.2, 0) is 11.8 Å². The molecule has 0 bridgehead atoms. The number of hydrogen-bond acceptors (Lipinski definition) is 6. The molecule has 2 rings (SSSR count). The minimum absolute atomic E-state index is 0.0610. The van der Waals surface area contributed by atoms with Gasteiger partial charge in [0.05, 0.1) is 17.4 Å². The van der Waals surface area contributed by atoms with Crippen LogP contribution in [0.2, 0.25) is 5.02 Å². The van der Waals surface area contributed by atoms with Gasteiger partial charge in [-0.15, -0.1) is 10.2 Å². The lowest BCUT2D eigenvalue weighted by Crippen LogP contribution is -2.25. The number of thioether (sulfide) groups is 1. The van der Waals surface area contributed by atoms with E-state index < -0.39 is 5.97 Å². The lowest BCUT2D eigenvalue weighted by atomic mass is 10.2. The molecule has 9 heteroatoms. The minimum atomic E-state index is -1.39. The molecule has 0 saturated carbocycles. The summed E-state index contributed by atoms with van der Waals surface area (Å²) in [5, 5.41) is 21.9. The molecule has 1 aromatic carbocycles. The Hall–Kier alpha value is -2.06. The van der Waals surface area contributed by atoms with Gasteiger partial charge in [-0.25, -0.2) is 0 Å². The Balaban J connectivity index is 2.04. The van der Waals surface area contributed by atoms with Crippen molar-refractivity contribution >= 4 is 40.9 Å². The normalized spacial score (nSPS) is 10.4. The van der Waals surface area contributed by atoms with E-state index in [0.717, 1.165) is 0 Å². The second-order valence-electron chi connectivity index (χ2n) is 4.04. The fourth-order valence-corrected chi connectivity index (χ4v) is 2.38. The van der Waals surface area contributed by atoms with E-state index in [1.54, 1.807) is 11.6 Å². The van der Waals surface area contributed by atoms with Crippen molar-refractivity contribution in [3.05, 3.63) is 35.1 Å². The van der Waals surface area contributed by atoms with Crippen molar-refractivity contribution in [1.82, 2.24) is 14.8 Å². The van der Waals surface area contributed by atoms with Crippen molar-refractivity contribution in [1.29, 1.82) is 0 Å². The average molecular weight is 326 g/mol. The largest absolute Gasteiger partial charge is 0.545 e. The molecule has 2 aromatic rings. The van der Waals surface area contributed by atoms with E-state index in [0.29, 0.717) is 10.2 Å². The van der Waals surface area contributed by atoms with E-state index >= 15 is 0 Å². The molecule has 1 aromatic heterocycles. The van der Waals surface area contributed by atoms with Crippen LogP contribution in [0.25, 0.3) is 0 Å². The molecule has 7 nitrogen and oxygen atoms in total. The number of aryl methyl sites for hydroxylation is 1. The Morgan fingerprint density at radius 1 is 1.48 bits per heavy atom. The van der Waals surface area contributed by atoms with Crippen LogP contribution in [0.3, 0.4) is 0 Å². The van der Waals surface area contributed by atoms with Gasteiger partial charge in [0.2, 0.25) is 5.91 Å². The third-order valence-corrected chi connectivity index (χ3v) is 3.75. The number of hydrogen-bond donors (Lipinski definition) is 1. The topological polar surface area (TPSA) is 99.9 Å². The van der Waals surface area contributed by atoms with Crippen LogP contribution in [-0.4, -0.2) is 32.4 Å². The first-order valence-electron chi connectivity index (χ1n) is 5.75. The molecule has 21 heavy (non-hydrogen) atoms.